The van der Waals surface area contributed by atoms with Gasteiger partial charge < -0.3 is 14.1 Å². The van der Waals surface area contributed by atoms with Gasteiger partial charge in [0.25, 0.3) is 5.91 Å². The number of piperidine rings is 1. The lowest BCUT2D eigenvalue weighted by Gasteiger charge is -2.39. The molecule has 0 spiro atoms. The lowest BCUT2D eigenvalue weighted by Crippen LogP contribution is -2.48. The molecule has 8 heteroatoms. The molecule has 0 saturated carbocycles. The number of amides is 1. The van der Waals surface area contributed by atoms with Crippen molar-refractivity contribution in [2.45, 2.75) is 37.9 Å². The Morgan fingerprint density at radius 3 is 2.56 bits per heavy atom. The minimum absolute atomic E-state index is 0.0353. The zero-order valence-corrected chi connectivity index (χ0v) is 22.3. The molecule has 206 valence electrons. The summed E-state index contributed by atoms with van der Waals surface area (Å²) in [6, 6.07) is 18.1. The van der Waals surface area contributed by atoms with Crippen molar-refractivity contribution in [3.8, 4) is 0 Å². The van der Waals surface area contributed by atoms with E-state index >= 15 is 4.39 Å². The highest BCUT2D eigenvalue weighted by atomic mass is 19.1. The van der Waals surface area contributed by atoms with E-state index < -0.39 is 11.6 Å². The Balaban J connectivity index is 1.21. The van der Waals surface area contributed by atoms with E-state index in [1.165, 1.54) is 11.6 Å². The second-order valence-electron chi connectivity index (χ2n) is 11.0. The fourth-order valence-corrected chi connectivity index (χ4v) is 6.65. The van der Waals surface area contributed by atoms with Crippen LogP contribution in [0.3, 0.4) is 0 Å². The van der Waals surface area contributed by atoms with Crippen LogP contribution in [0.15, 0.2) is 65.1 Å². The maximum Gasteiger partial charge on any atom is 0.289 e. The first kappa shape index (κ1) is 26.2. The molecule has 1 amide bonds. The summed E-state index contributed by atoms with van der Waals surface area (Å²) in [5.41, 5.74) is 1.73. The van der Waals surface area contributed by atoms with Gasteiger partial charge >= 0.3 is 0 Å². The summed E-state index contributed by atoms with van der Waals surface area (Å²) in [4.78, 5) is 20.1. The zero-order chi connectivity index (χ0) is 26.9. The van der Waals surface area contributed by atoms with Crippen molar-refractivity contribution in [1.29, 1.82) is 0 Å². The van der Waals surface area contributed by atoms with Crippen LogP contribution in [-0.4, -0.2) is 72.6 Å². The summed E-state index contributed by atoms with van der Waals surface area (Å²) in [5, 5.41) is 0. The third-order valence-corrected chi connectivity index (χ3v) is 8.76. The van der Waals surface area contributed by atoms with E-state index in [-0.39, 0.29) is 29.8 Å². The van der Waals surface area contributed by atoms with Gasteiger partial charge in [-0.1, -0.05) is 36.4 Å². The predicted octanol–water partition coefficient (Wildman–Crippen LogP) is 5.08. The number of ether oxygens (including phenoxy) is 1. The molecule has 2 aromatic carbocycles. The molecule has 4 heterocycles. The van der Waals surface area contributed by atoms with E-state index in [0.29, 0.717) is 44.2 Å². The first-order chi connectivity index (χ1) is 19.0. The minimum Gasteiger partial charge on any atom is -0.454 e. The van der Waals surface area contributed by atoms with E-state index in [1.54, 1.807) is 12.1 Å². The lowest BCUT2D eigenvalue weighted by atomic mass is 9.81. The van der Waals surface area contributed by atoms with E-state index in [0.717, 1.165) is 37.9 Å². The number of fused-ring (bicyclic) bond motifs is 1. The SMILES string of the molecule is C[C@H](c1ccc(C(=O)N2CC[C@@H]3[C@H](C2)[C@@H](c2ccc(F)cc2F)CN3Cc2ccccc2)o1)N1CCOCC1. The Labute approximate surface area is 228 Å². The summed E-state index contributed by atoms with van der Waals surface area (Å²) in [6.45, 7) is 7.69. The molecule has 6 nitrogen and oxygen atoms in total. The average Bonchev–Trinajstić information content (AvgIpc) is 3.59. The Morgan fingerprint density at radius 1 is 1.00 bits per heavy atom. The molecule has 6 rings (SSSR count). The topological polar surface area (TPSA) is 49.2 Å². The minimum atomic E-state index is -0.577. The van der Waals surface area contributed by atoms with Gasteiger partial charge in [0.1, 0.15) is 17.4 Å². The number of benzene rings is 2. The highest BCUT2D eigenvalue weighted by molar-refractivity contribution is 5.91. The van der Waals surface area contributed by atoms with Crippen LogP contribution in [0, 0.1) is 17.6 Å². The number of morpholine rings is 1. The predicted molar refractivity (Wildman–Crippen MR) is 143 cm³/mol. The van der Waals surface area contributed by atoms with Crippen molar-refractivity contribution in [2.75, 3.05) is 45.9 Å². The first-order valence-corrected chi connectivity index (χ1v) is 13.9. The molecule has 3 fully saturated rings. The quantitative estimate of drug-likeness (QED) is 0.441. The number of furan rings is 1. The molecular weight excluding hydrogens is 500 g/mol. The summed E-state index contributed by atoms with van der Waals surface area (Å²) in [6.07, 6.45) is 0.792. The normalized spacial score (nSPS) is 25.0. The van der Waals surface area contributed by atoms with Crippen LogP contribution in [0.1, 0.15) is 52.7 Å². The maximum absolute atomic E-state index is 15.0. The zero-order valence-electron chi connectivity index (χ0n) is 22.3. The van der Waals surface area contributed by atoms with Gasteiger partial charge in [-0.15, -0.1) is 0 Å². The van der Waals surface area contributed by atoms with Gasteiger partial charge in [0.15, 0.2) is 5.76 Å². The van der Waals surface area contributed by atoms with Gasteiger partial charge in [-0.25, -0.2) is 8.78 Å². The van der Waals surface area contributed by atoms with Crippen LogP contribution in [0.25, 0.3) is 0 Å². The van der Waals surface area contributed by atoms with Crippen LogP contribution in [0.2, 0.25) is 0 Å². The second kappa shape index (κ2) is 11.2. The van der Waals surface area contributed by atoms with Crippen molar-refractivity contribution in [2.24, 2.45) is 5.92 Å². The van der Waals surface area contributed by atoms with Crippen molar-refractivity contribution < 1.29 is 22.7 Å². The van der Waals surface area contributed by atoms with Crippen molar-refractivity contribution in [1.82, 2.24) is 14.7 Å². The summed E-state index contributed by atoms with van der Waals surface area (Å²) >= 11 is 0. The number of rotatable bonds is 6. The molecule has 3 aliphatic heterocycles. The van der Waals surface area contributed by atoms with Gasteiger partial charge in [-0.3, -0.25) is 14.6 Å². The third-order valence-electron chi connectivity index (χ3n) is 8.76. The van der Waals surface area contributed by atoms with Crippen molar-refractivity contribution in [3.05, 3.63) is 94.9 Å². The Kier molecular flexibility index (Phi) is 7.51. The van der Waals surface area contributed by atoms with Crippen molar-refractivity contribution >= 4 is 5.91 Å². The van der Waals surface area contributed by atoms with E-state index in [2.05, 4.69) is 28.9 Å². The smallest absolute Gasteiger partial charge is 0.289 e. The van der Waals surface area contributed by atoms with Crippen LogP contribution in [0.5, 0.6) is 0 Å². The molecule has 39 heavy (non-hydrogen) atoms. The molecule has 3 aromatic rings. The lowest BCUT2D eigenvalue weighted by molar-refractivity contribution is 0.0152. The molecule has 0 unspecified atom stereocenters. The van der Waals surface area contributed by atoms with Gasteiger partial charge in [0.05, 0.1) is 19.3 Å². The number of hydrogen-bond donors (Lipinski definition) is 0. The third kappa shape index (κ3) is 5.38. The van der Waals surface area contributed by atoms with Crippen LogP contribution < -0.4 is 0 Å². The number of likely N-dealkylation sites (tertiary alicyclic amines) is 2. The number of nitrogens with zero attached hydrogens (tertiary/aromatic N) is 3. The molecule has 0 radical (unpaired) electrons. The van der Waals surface area contributed by atoms with Crippen LogP contribution in [-0.2, 0) is 11.3 Å². The molecule has 0 bridgehead atoms. The number of halogens is 2. The monoisotopic (exact) mass is 535 g/mol. The van der Waals surface area contributed by atoms with Gasteiger partial charge in [-0.2, -0.15) is 0 Å². The van der Waals surface area contributed by atoms with Gasteiger partial charge in [0.2, 0.25) is 0 Å². The Hall–Kier alpha value is -3.07. The van der Waals surface area contributed by atoms with Gasteiger partial charge in [0, 0.05) is 63.2 Å². The highest BCUT2D eigenvalue weighted by Gasteiger charge is 2.47. The number of carbonyl (C=O) groups is 1. The molecule has 3 aliphatic rings. The summed E-state index contributed by atoms with van der Waals surface area (Å²) in [7, 11) is 0. The number of carbonyl (C=O) groups excluding carboxylic acids is 1. The maximum atomic E-state index is 15.0. The molecule has 0 N–H and O–H groups in total. The fraction of sp³-hybridized carbons (Fsp3) is 0.452. The van der Waals surface area contributed by atoms with E-state index in [1.807, 2.05) is 29.2 Å². The first-order valence-electron chi connectivity index (χ1n) is 13.9. The molecule has 3 saturated heterocycles. The summed E-state index contributed by atoms with van der Waals surface area (Å²) in [5.74, 6) is -0.211. The van der Waals surface area contributed by atoms with Crippen molar-refractivity contribution in [3.63, 3.8) is 0 Å². The molecular formula is C31H35F2N3O3. The standard InChI is InChI=1S/C31H35F2N3O3/c1-21(34-13-15-38-16-14-34)29-9-10-30(39-29)31(37)35-12-11-28-26(20-35)25(24-8-7-23(32)17-27(24)33)19-36(28)18-22-5-3-2-4-6-22/h2-10,17,21,25-26,28H,11-16,18-20H2,1H3/t21-,25-,26-,28-/m1/s1. The second-order valence-corrected chi connectivity index (χ2v) is 11.0. The Morgan fingerprint density at radius 2 is 1.79 bits per heavy atom. The van der Waals surface area contributed by atoms with Crippen LogP contribution in [0.4, 0.5) is 8.78 Å². The van der Waals surface area contributed by atoms with E-state index in [4.69, 9.17) is 9.15 Å². The largest absolute Gasteiger partial charge is 0.454 e. The highest BCUT2D eigenvalue weighted by Crippen LogP contribution is 2.43. The van der Waals surface area contributed by atoms with E-state index in [9.17, 15) is 9.18 Å². The van der Waals surface area contributed by atoms with Crippen LogP contribution >= 0.6 is 0 Å². The molecule has 1 aromatic heterocycles. The molecule has 4 atom stereocenters. The summed E-state index contributed by atoms with van der Waals surface area (Å²) < 4.78 is 40.3. The fourth-order valence-electron chi connectivity index (χ4n) is 6.65. The number of hydrogen-bond acceptors (Lipinski definition) is 5. The molecule has 0 aliphatic carbocycles. The Bertz CT molecular complexity index is 1290. The van der Waals surface area contributed by atoms with Gasteiger partial charge in [-0.05, 0) is 42.7 Å². The average molecular weight is 536 g/mol.